The van der Waals surface area contributed by atoms with E-state index >= 15 is 0 Å². The molecular formula is C16H20N2O2. The molecule has 4 nitrogen and oxygen atoms in total. The Morgan fingerprint density at radius 2 is 2.05 bits per heavy atom. The topological polar surface area (TPSA) is 43.8 Å². The molecule has 1 amide bonds. The Bertz CT molecular complexity index is 523. The molecule has 1 aromatic carbocycles. The number of aliphatic hydroxyl groups excluding tert-OH is 1. The fraction of sp³-hybridized carbons (Fsp3) is 0.438. The Labute approximate surface area is 120 Å². The van der Waals surface area contributed by atoms with Gasteiger partial charge in [0, 0.05) is 45.2 Å². The first-order chi connectivity index (χ1) is 9.69. The highest BCUT2D eigenvalue weighted by molar-refractivity contribution is 5.73. The van der Waals surface area contributed by atoms with E-state index in [9.17, 15) is 4.79 Å². The van der Waals surface area contributed by atoms with E-state index in [1.165, 1.54) is 5.56 Å². The molecule has 0 saturated carbocycles. The first kappa shape index (κ1) is 14.6. The molecule has 0 spiro atoms. The van der Waals surface area contributed by atoms with E-state index < -0.39 is 0 Å². The number of aliphatic hydroxyl groups is 1. The number of amides is 1. The lowest BCUT2D eigenvalue weighted by Crippen LogP contribution is -2.47. The number of rotatable bonds is 2. The van der Waals surface area contributed by atoms with Crippen molar-refractivity contribution in [2.24, 2.45) is 0 Å². The molecule has 0 atom stereocenters. The molecule has 1 N–H and O–H groups in total. The molecule has 2 rings (SSSR count). The van der Waals surface area contributed by atoms with Crippen LogP contribution in [-0.4, -0.2) is 53.6 Å². The molecule has 1 fully saturated rings. The standard InChI is InChI=1S/C16H20N2O2/c1-14(20)18-9-7-17(8-10-18)13-16-5-2-4-15(12-16)6-3-11-19/h2,4-5,12,19H,7-11,13H2,1H3. The van der Waals surface area contributed by atoms with E-state index in [0.717, 1.165) is 38.3 Å². The predicted molar refractivity (Wildman–Crippen MR) is 77.9 cm³/mol. The van der Waals surface area contributed by atoms with Crippen molar-refractivity contribution in [2.75, 3.05) is 32.8 Å². The number of nitrogens with zero attached hydrogens (tertiary/aromatic N) is 2. The number of carbonyl (C=O) groups excluding carboxylic acids is 1. The van der Waals surface area contributed by atoms with Crippen molar-refractivity contribution in [3.05, 3.63) is 35.4 Å². The first-order valence-electron chi connectivity index (χ1n) is 6.85. The van der Waals surface area contributed by atoms with Gasteiger partial charge in [0.05, 0.1) is 0 Å². The summed E-state index contributed by atoms with van der Waals surface area (Å²) in [6.45, 7) is 5.81. The summed E-state index contributed by atoms with van der Waals surface area (Å²) in [4.78, 5) is 15.5. The maximum atomic E-state index is 11.3. The number of hydrogen-bond donors (Lipinski definition) is 1. The van der Waals surface area contributed by atoms with Crippen LogP contribution >= 0.6 is 0 Å². The molecule has 1 aliphatic rings. The minimum Gasteiger partial charge on any atom is -0.384 e. The van der Waals surface area contributed by atoms with Crippen LogP contribution in [0.25, 0.3) is 0 Å². The van der Waals surface area contributed by atoms with Gasteiger partial charge in [0.25, 0.3) is 0 Å². The summed E-state index contributed by atoms with van der Waals surface area (Å²) in [5.74, 6) is 5.74. The van der Waals surface area contributed by atoms with Crippen LogP contribution in [0.15, 0.2) is 24.3 Å². The van der Waals surface area contributed by atoms with Crippen molar-refractivity contribution in [3.63, 3.8) is 0 Å². The third-order valence-corrected chi connectivity index (χ3v) is 3.46. The van der Waals surface area contributed by atoms with Gasteiger partial charge in [0.1, 0.15) is 6.61 Å². The third-order valence-electron chi connectivity index (χ3n) is 3.46. The molecule has 1 aromatic rings. The Morgan fingerprint density at radius 1 is 1.30 bits per heavy atom. The smallest absolute Gasteiger partial charge is 0.219 e. The predicted octanol–water partition coefficient (Wildman–Crippen LogP) is 0.695. The van der Waals surface area contributed by atoms with Gasteiger partial charge in [-0.1, -0.05) is 24.0 Å². The van der Waals surface area contributed by atoms with E-state index in [1.807, 2.05) is 17.0 Å². The van der Waals surface area contributed by atoms with Crippen molar-refractivity contribution in [2.45, 2.75) is 13.5 Å². The summed E-state index contributed by atoms with van der Waals surface area (Å²) in [5, 5.41) is 8.71. The zero-order chi connectivity index (χ0) is 14.4. The van der Waals surface area contributed by atoms with Gasteiger partial charge in [-0.05, 0) is 17.7 Å². The normalized spacial score (nSPS) is 15.6. The van der Waals surface area contributed by atoms with Gasteiger partial charge < -0.3 is 10.0 Å². The Balaban J connectivity index is 1.92. The average Bonchev–Trinajstić information content (AvgIpc) is 2.46. The molecule has 0 radical (unpaired) electrons. The second-order valence-corrected chi connectivity index (χ2v) is 4.94. The zero-order valence-corrected chi connectivity index (χ0v) is 11.8. The van der Waals surface area contributed by atoms with Crippen LogP contribution in [0, 0.1) is 11.8 Å². The number of carbonyl (C=O) groups is 1. The van der Waals surface area contributed by atoms with E-state index in [-0.39, 0.29) is 12.5 Å². The fourth-order valence-corrected chi connectivity index (χ4v) is 2.37. The van der Waals surface area contributed by atoms with Gasteiger partial charge in [-0.3, -0.25) is 9.69 Å². The lowest BCUT2D eigenvalue weighted by Gasteiger charge is -2.34. The van der Waals surface area contributed by atoms with Gasteiger partial charge in [-0.2, -0.15) is 0 Å². The molecule has 4 heteroatoms. The summed E-state index contributed by atoms with van der Waals surface area (Å²) in [6, 6.07) is 8.07. The van der Waals surface area contributed by atoms with Crippen molar-refractivity contribution >= 4 is 5.91 Å². The van der Waals surface area contributed by atoms with Crippen LogP contribution in [0.1, 0.15) is 18.1 Å². The van der Waals surface area contributed by atoms with E-state index in [0.29, 0.717) is 0 Å². The Hall–Kier alpha value is -1.83. The van der Waals surface area contributed by atoms with Gasteiger partial charge in [0.15, 0.2) is 0 Å². The summed E-state index contributed by atoms with van der Waals surface area (Å²) >= 11 is 0. The van der Waals surface area contributed by atoms with E-state index in [1.54, 1.807) is 6.92 Å². The molecule has 1 aliphatic heterocycles. The molecule has 0 aliphatic carbocycles. The lowest BCUT2D eigenvalue weighted by molar-refractivity contribution is -0.130. The van der Waals surface area contributed by atoms with Crippen molar-refractivity contribution in [1.29, 1.82) is 0 Å². The average molecular weight is 272 g/mol. The zero-order valence-electron chi connectivity index (χ0n) is 11.8. The highest BCUT2D eigenvalue weighted by atomic mass is 16.2. The van der Waals surface area contributed by atoms with Crippen LogP contribution in [0.5, 0.6) is 0 Å². The second-order valence-electron chi connectivity index (χ2n) is 4.94. The maximum Gasteiger partial charge on any atom is 0.219 e. The molecule has 1 saturated heterocycles. The van der Waals surface area contributed by atoms with Crippen LogP contribution in [0.2, 0.25) is 0 Å². The fourth-order valence-electron chi connectivity index (χ4n) is 2.37. The number of benzene rings is 1. The quantitative estimate of drug-likeness (QED) is 0.806. The van der Waals surface area contributed by atoms with Crippen LogP contribution in [0.4, 0.5) is 0 Å². The SMILES string of the molecule is CC(=O)N1CCN(Cc2cccc(C#CCO)c2)CC1. The van der Waals surface area contributed by atoms with Crippen LogP contribution in [-0.2, 0) is 11.3 Å². The molecule has 0 aromatic heterocycles. The first-order valence-corrected chi connectivity index (χ1v) is 6.85. The largest absolute Gasteiger partial charge is 0.384 e. The van der Waals surface area contributed by atoms with Crippen molar-refractivity contribution < 1.29 is 9.90 Å². The van der Waals surface area contributed by atoms with Crippen LogP contribution < -0.4 is 0 Å². The third kappa shape index (κ3) is 4.09. The molecule has 0 bridgehead atoms. The molecule has 1 heterocycles. The van der Waals surface area contributed by atoms with E-state index in [4.69, 9.17) is 5.11 Å². The van der Waals surface area contributed by atoms with Crippen molar-refractivity contribution in [3.8, 4) is 11.8 Å². The summed E-state index contributed by atoms with van der Waals surface area (Å²) in [5.41, 5.74) is 2.14. The Kier molecular flexibility index (Phi) is 5.16. The van der Waals surface area contributed by atoms with Gasteiger partial charge >= 0.3 is 0 Å². The molecule has 0 unspecified atom stereocenters. The minimum absolute atomic E-state index is 0.114. The highest BCUT2D eigenvalue weighted by Crippen LogP contribution is 2.10. The second kappa shape index (κ2) is 7.09. The van der Waals surface area contributed by atoms with Crippen molar-refractivity contribution in [1.82, 2.24) is 9.80 Å². The lowest BCUT2D eigenvalue weighted by atomic mass is 10.1. The summed E-state index contributed by atoms with van der Waals surface area (Å²) < 4.78 is 0. The molecular weight excluding hydrogens is 252 g/mol. The van der Waals surface area contributed by atoms with E-state index in [2.05, 4.69) is 28.9 Å². The minimum atomic E-state index is -0.114. The molecule has 106 valence electrons. The number of piperazine rings is 1. The highest BCUT2D eigenvalue weighted by Gasteiger charge is 2.18. The van der Waals surface area contributed by atoms with Gasteiger partial charge in [-0.25, -0.2) is 0 Å². The maximum absolute atomic E-state index is 11.3. The summed E-state index contributed by atoms with van der Waals surface area (Å²) in [6.07, 6.45) is 0. The van der Waals surface area contributed by atoms with Gasteiger partial charge in [0.2, 0.25) is 5.91 Å². The summed E-state index contributed by atoms with van der Waals surface area (Å²) in [7, 11) is 0. The number of hydrogen-bond acceptors (Lipinski definition) is 3. The Morgan fingerprint density at radius 3 is 2.70 bits per heavy atom. The molecule has 20 heavy (non-hydrogen) atoms. The van der Waals surface area contributed by atoms with Gasteiger partial charge in [-0.15, -0.1) is 0 Å². The van der Waals surface area contributed by atoms with Crippen LogP contribution in [0.3, 0.4) is 0 Å². The monoisotopic (exact) mass is 272 g/mol.